The molecule has 1 aliphatic carbocycles. The van der Waals surface area contributed by atoms with E-state index < -0.39 is 0 Å². The maximum absolute atomic E-state index is 5.25. The molecule has 2 rings (SSSR count). The van der Waals surface area contributed by atoms with Crippen LogP contribution in [0.4, 0.5) is 0 Å². The van der Waals surface area contributed by atoms with Crippen molar-refractivity contribution in [1.82, 2.24) is 5.32 Å². The van der Waals surface area contributed by atoms with Gasteiger partial charge in [-0.3, -0.25) is 0 Å². The Labute approximate surface area is 112 Å². The molecule has 1 saturated carbocycles. The number of hydrogen-bond acceptors (Lipinski definition) is 2. The van der Waals surface area contributed by atoms with Crippen molar-refractivity contribution in [2.75, 3.05) is 14.2 Å². The molecule has 0 spiro atoms. The molecule has 3 heteroatoms. The lowest BCUT2D eigenvalue weighted by molar-refractivity contribution is 0.375. The Hall–Kier alpha value is -0.540. The van der Waals surface area contributed by atoms with Crippen LogP contribution in [0.5, 0.6) is 5.75 Å². The molecular weight excluding hydrogens is 278 g/mol. The third-order valence-electron chi connectivity index (χ3n) is 3.88. The van der Waals surface area contributed by atoms with Gasteiger partial charge < -0.3 is 10.1 Å². The molecule has 1 aromatic rings. The Balaban J connectivity index is 2.10. The fraction of sp³-hybridized carbons (Fsp3) is 0.571. The summed E-state index contributed by atoms with van der Waals surface area (Å²) in [6, 6.07) is 6.92. The van der Waals surface area contributed by atoms with Gasteiger partial charge in [-0.15, -0.1) is 0 Å². The first-order valence-corrected chi connectivity index (χ1v) is 6.88. The Morgan fingerprint density at radius 3 is 2.65 bits per heavy atom. The van der Waals surface area contributed by atoms with E-state index in [1.165, 1.54) is 18.4 Å². The van der Waals surface area contributed by atoms with Crippen LogP contribution < -0.4 is 10.1 Å². The summed E-state index contributed by atoms with van der Waals surface area (Å²) in [5, 5.41) is 3.45. The van der Waals surface area contributed by atoms with Gasteiger partial charge in [-0.2, -0.15) is 0 Å². The van der Waals surface area contributed by atoms with E-state index in [0.717, 1.165) is 16.6 Å². The first-order valence-electron chi connectivity index (χ1n) is 6.09. The second-order valence-corrected chi connectivity index (χ2v) is 6.02. The van der Waals surface area contributed by atoms with Gasteiger partial charge in [0.1, 0.15) is 5.75 Å². The van der Waals surface area contributed by atoms with Crippen molar-refractivity contribution in [3.05, 3.63) is 28.2 Å². The highest BCUT2D eigenvalue weighted by Gasteiger charge is 2.43. The quantitative estimate of drug-likeness (QED) is 0.899. The molecule has 94 valence electrons. The summed E-state index contributed by atoms with van der Waals surface area (Å²) in [6.07, 6.45) is 3.77. The summed E-state index contributed by atoms with van der Waals surface area (Å²) >= 11 is 3.54. The van der Waals surface area contributed by atoms with Gasteiger partial charge in [0.15, 0.2) is 0 Å². The van der Waals surface area contributed by atoms with Crippen LogP contribution >= 0.6 is 15.9 Å². The van der Waals surface area contributed by atoms with Crippen molar-refractivity contribution in [3.8, 4) is 5.75 Å². The van der Waals surface area contributed by atoms with Gasteiger partial charge in [-0.05, 0) is 65.4 Å². The highest BCUT2D eigenvalue weighted by Crippen LogP contribution is 2.48. The van der Waals surface area contributed by atoms with Gasteiger partial charge in [0.25, 0.3) is 0 Å². The predicted molar refractivity (Wildman–Crippen MR) is 74.6 cm³/mol. The predicted octanol–water partition coefficient (Wildman–Crippen LogP) is 3.39. The molecule has 0 amide bonds. The van der Waals surface area contributed by atoms with Gasteiger partial charge in [0, 0.05) is 6.04 Å². The highest BCUT2D eigenvalue weighted by atomic mass is 79.9. The highest BCUT2D eigenvalue weighted by molar-refractivity contribution is 9.10. The second-order valence-electron chi connectivity index (χ2n) is 5.17. The minimum Gasteiger partial charge on any atom is -0.496 e. The first-order chi connectivity index (χ1) is 8.09. The monoisotopic (exact) mass is 297 g/mol. The van der Waals surface area contributed by atoms with E-state index in [-0.39, 0.29) is 0 Å². The third kappa shape index (κ3) is 2.83. The smallest absolute Gasteiger partial charge is 0.133 e. The molecule has 0 bridgehead atoms. The van der Waals surface area contributed by atoms with E-state index in [1.54, 1.807) is 7.11 Å². The van der Waals surface area contributed by atoms with Gasteiger partial charge >= 0.3 is 0 Å². The summed E-state index contributed by atoms with van der Waals surface area (Å²) in [5.41, 5.74) is 1.85. The van der Waals surface area contributed by atoms with Gasteiger partial charge in [0.05, 0.1) is 11.6 Å². The van der Waals surface area contributed by atoms with Gasteiger partial charge in [-0.25, -0.2) is 0 Å². The Morgan fingerprint density at radius 1 is 1.47 bits per heavy atom. The van der Waals surface area contributed by atoms with Crippen molar-refractivity contribution in [1.29, 1.82) is 0 Å². The SMILES string of the molecule is CNC(Cc1ccc(OC)c(Br)c1)C1(C)CC1. The molecule has 1 aliphatic rings. The molecule has 0 radical (unpaired) electrons. The fourth-order valence-corrected chi connectivity index (χ4v) is 2.90. The largest absolute Gasteiger partial charge is 0.496 e. The lowest BCUT2D eigenvalue weighted by Crippen LogP contribution is -2.35. The molecule has 0 aliphatic heterocycles. The standard InChI is InChI=1S/C14H20BrNO/c1-14(6-7-14)13(16-2)9-10-4-5-12(17-3)11(15)8-10/h4-5,8,13,16H,6-7,9H2,1-3H3. The molecule has 1 atom stereocenters. The third-order valence-corrected chi connectivity index (χ3v) is 4.50. The number of ether oxygens (including phenoxy) is 1. The Bertz CT molecular complexity index is 401. The number of hydrogen-bond donors (Lipinski definition) is 1. The van der Waals surface area contributed by atoms with E-state index in [4.69, 9.17) is 4.74 Å². The fourth-order valence-electron chi connectivity index (χ4n) is 2.32. The molecular formula is C14H20BrNO. The molecule has 0 saturated heterocycles. The van der Waals surface area contributed by atoms with E-state index in [2.05, 4.69) is 47.4 Å². The Kier molecular flexibility index (Phi) is 3.79. The van der Waals surface area contributed by atoms with Crippen molar-refractivity contribution >= 4 is 15.9 Å². The zero-order valence-corrected chi connectivity index (χ0v) is 12.3. The average Bonchev–Trinajstić information content (AvgIpc) is 3.05. The van der Waals surface area contributed by atoms with Crippen LogP contribution in [-0.2, 0) is 6.42 Å². The van der Waals surface area contributed by atoms with Crippen LogP contribution in [0, 0.1) is 5.41 Å². The van der Waals surface area contributed by atoms with Crippen molar-refractivity contribution in [2.24, 2.45) is 5.41 Å². The number of nitrogens with one attached hydrogen (secondary N) is 1. The van der Waals surface area contributed by atoms with Crippen molar-refractivity contribution < 1.29 is 4.74 Å². The summed E-state index contributed by atoms with van der Waals surface area (Å²) < 4.78 is 6.28. The molecule has 0 heterocycles. The lowest BCUT2D eigenvalue weighted by atomic mass is 9.92. The molecule has 1 fully saturated rings. The topological polar surface area (TPSA) is 21.3 Å². The molecule has 1 unspecified atom stereocenters. The minimum atomic E-state index is 0.501. The molecule has 1 aromatic carbocycles. The second kappa shape index (κ2) is 4.99. The maximum atomic E-state index is 5.25. The van der Waals surface area contributed by atoms with Crippen LogP contribution in [0.3, 0.4) is 0 Å². The zero-order chi connectivity index (χ0) is 12.5. The minimum absolute atomic E-state index is 0.501. The van der Waals surface area contributed by atoms with Crippen molar-refractivity contribution in [3.63, 3.8) is 0 Å². The first kappa shape index (κ1) is 12.9. The normalized spacial score (nSPS) is 18.8. The van der Waals surface area contributed by atoms with E-state index >= 15 is 0 Å². The van der Waals surface area contributed by atoms with Crippen LogP contribution in [0.1, 0.15) is 25.3 Å². The molecule has 17 heavy (non-hydrogen) atoms. The summed E-state index contributed by atoms with van der Waals surface area (Å²) in [4.78, 5) is 0. The number of methoxy groups -OCH3 is 1. The number of benzene rings is 1. The average molecular weight is 298 g/mol. The summed E-state index contributed by atoms with van der Waals surface area (Å²) in [7, 11) is 3.76. The molecule has 2 nitrogen and oxygen atoms in total. The van der Waals surface area contributed by atoms with Gasteiger partial charge in [0.2, 0.25) is 0 Å². The molecule has 0 aromatic heterocycles. The lowest BCUT2D eigenvalue weighted by Gasteiger charge is -2.23. The van der Waals surface area contributed by atoms with Crippen LogP contribution in [0.25, 0.3) is 0 Å². The summed E-state index contributed by atoms with van der Waals surface area (Å²) in [5.74, 6) is 0.896. The van der Waals surface area contributed by atoms with E-state index in [0.29, 0.717) is 11.5 Å². The maximum Gasteiger partial charge on any atom is 0.133 e. The van der Waals surface area contributed by atoms with E-state index in [9.17, 15) is 0 Å². The Morgan fingerprint density at radius 2 is 2.18 bits per heavy atom. The van der Waals surface area contributed by atoms with Gasteiger partial charge in [-0.1, -0.05) is 13.0 Å². The number of likely N-dealkylation sites (N-methyl/N-ethyl adjacent to an activating group) is 1. The van der Waals surface area contributed by atoms with Crippen molar-refractivity contribution in [2.45, 2.75) is 32.2 Å². The zero-order valence-electron chi connectivity index (χ0n) is 10.7. The van der Waals surface area contributed by atoms with E-state index in [1.807, 2.05) is 6.07 Å². The van der Waals surface area contributed by atoms with Crippen LogP contribution in [-0.4, -0.2) is 20.2 Å². The van der Waals surface area contributed by atoms with Crippen LogP contribution in [0.2, 0.25) is 0 Å². The molecule has 1 N–H and O–H groups in total. The summed E-state index contributed by atoms with van der Waals surface area (Å²) in [6.45, 7) is 2.37. The van der Waals surface area contributed by atoms with Crippen LogP contribution in [0.15, 0.2) is 22.7 Å². The number of rotatable bonds is 5. The number of halogens is 1.